The van der Waals surface area contributed by atoms with E-state index in [1.807, 2.05) is 42.2 Å². The van der Waals surface area contributed by atoms with E-state index in [4.69, 9.17) is 10.5 Å². The molecule has 11 heteroatoms. The number of aryl methyl sites for hydroxylation is 1. The quantitative estimate of drug-likeness (QED) is 0.414. The lowest BCUT2D eigenvalue weighted by atomic mass is 10.1. The number of hydrogen-bond donors (Lipinski definition) is 2. The summed E-state index contributed by atoms with van der Waals surface area (Å²) < 4.78 is 33.1. The summed E-state index contributed by atoms with van der Waals surface area (Å²) in [5, 5.41) is 2.85. The van der Waals surface area contributed by atoms with Crippen LogP contribution in [-0.4, -0.2) is 59.4 Å². The third-order valence-electron chi connectivity index (χ3n) is 6.39. The minimum atomic E-state index is -3.89. The number of carbonyl (C=O) groups is 2. The molecule has 2 heterocycles. The molecule has 1 aromatic heterocycles. The molecule has 4 rings (SSSR count). The van der Waals surface area contributed by atoms with Gasteiger partial charge in [0.25, 0.3) is 10.0 Å². The van der Waals surface area contributed by atoms with Crippen LogP contribution in [0.2, 0.25) is 0 Å². The van der Waals surface area contributed by atoms with E-state index in [0.717, 1.165) is 21.5 Å². The molecule has 2 atom stereocenters. The van der Waals surface area contributed by atoms with Gasteiger partial charge in [-0.2, -0.15) is 0 Å². The third kappa shape index (κ3) is 6.55. The molecule has 37 heavy (non-hydrogen) atoms. The van der Waals surface area contributed by atoms with Crippen molar-refractivity contribution < 1.29 is 22.7 Å². The average molecular weight is 526 g/mol. The van der Waals surface area contributed by atoms with Crippen molar-refractivity contribution in [3.05, 3.63) is 83.9 Å². The molecule has 0 bridgehead atoms. The van der Waals surface area contributed by atoms with Crippen LogP contribution in [0.1, 0.15) is 29.7 Å². The highest BCUT2D eigenvalue weighted by atomic mass is 32.2. The van der Waals surface area contributed by atoms with E-state index in [1.54, 1.807) is 24.3 Å². The number of alkyl carbamates (subject to hydrolysis) is 1. The smallest absolute Gasteiger partial charge is 0.407 e. The van der Waals surface area contributed by atoms with E-state index in [-0.39, 0.29) is 17.9 Å². The second-order valence-electron chi connectivity index (χ2n) is 9.16. The minimum Gasteiger partial charge on any atom is -0.445 e. The predicted octanol–water partition coefficient (Wildman–Crippen LogP) is 2.22. The number of carbonyl (C=O) groups excluding carboxylic acids is 2. The summed E-state index contributed by atoms with van der Waals surface area (Å²) in [5.74, 6) is -0.421. The Morgan fingerprint density at radius 3 is 2.59 bits per heavy atom. The molecule has 2 amide bonds. The molecule has 1 saturated heterocycles. The monoisotopic (exact) mass is 525 g/mol. The molecule has 0 aliphatic carbocycles. The van der Waals surface area contributed by atoms with Crippen LogP contribution in [0.3, 0.4) is 0 Å². The first-order valence-corrected chi connectivity index (χ1v) is 13.5. The van der Waals surface area contributed by atoms with Gasteiger partial charge in [0.1, 0.15) is 12.9 Å². The Hall–Kier alpha value is -3.70. The molecule has 2 aromatic carbocycles. The van der Waals surface area contributed by atoms with Crippen molar-refractivity contribution in [3.8, 4) is 0 Å². The van der Waals surface area contributed by atoms with Gasteiger partial charge in [-0.3, -0.25) is 9.69 Å². The molecule has 1 aliphatic heterocycles. The number of likely N-dealkylation sites (tertiary alicyclic amines) is 1. The van der Waals surface area contributed by atoms with E-state index < -0.39 is 34.1 Å². The number of nitrogens with one attached hydrogen (secondary N) is 1. The fraction of sp³-hybridized carbons (Fsp3) is 0.346. The number of nitrogens with two attached hydrogens (primary N) is 1. The van der Waals surface area contributed by atoms with E-state index in [9.17, 15) is 18.0 Å². The highest BCUT2D eigenvalue weighted by molar-refractivity contribution is 7.90. The first kappa shape index (κ1) is 26.4. The van der Waals surface area contributed by atoms with Crippen LogP contribution in [0.5, 0.6) is 0 Å². The van der Waals surface area contributed by atoms with Gasteiger partial charge in [-0.25, -0.2) is 22.2 Å². The molecule has 1 fully saturated rings. The summed E-state index contributed by atoms with van der Waals surface area (Å²) in [6, 6.07) is 14.8. The molecule has 0 saturated carbocycles. The van der Waals surface area contributed by atoms with Gasteiger partial charge in [0, 0.05) is 19.2 Å². The van der Waals surface area contributed by atoms with Gasteiger partial charge >= 0.3 is 6.09 Å². The molecule has 196 valence electrons. The summed E-state index contributed by atoms with van der Waals surface area (Å²) >= 11 is 0. The molecular formula is C26H31N5O5S. The lowest BCUT2D eigenvalue weighted by Gasteiger charge is -2.28. The summed E-state index contributed by atoms with van der Waals surface area (Å²) in [6.07, 6.45) is 3.66. The van der Waals surface area contributed by atoms with Crippen molar-refractivity contribution >= 4 is 22.0 Å². The molecule has 0 unspecified atom stereocenters. The number of amides is 2. The van der Waals surface area contributed by atoms with Gasteiger partial charge in [-0.05, 0) is 44.0 Å². The first-order chi connectivity index (χ1) is 17.7. The second kappa shape index (κ2) is 11.6. The van der Waals surface area contributed by atoms with Gasteiger partial charge in [0.05, 0.1) is 22.7 Å². The summed E-state index contributed by atoms with van der Waals surface area (Å²) in [5.41, 5.74) is 7.76. The molecule has 3 N–H and O–H groups in total. The summed E-state index contributed by atoms with van der Waals surface area (Å²) in [4.78, 5) is 30.7. The van der Waals surface area contributed by atoms with E-state index in [2.05, 4.69) is 10.3 Å². The van der Waals surface area contributed by atoms with Crippen LogP contribution >= 0.6 is 0 Å². The SMILES string of the molecule is Cc1ccc(S(=O)(=O)n2cncc2C[C@@H](CN2CCC[C@H]2C(N)=O)NC(=O)OCc2ccccc2)cc1. The van der Waals surface area contributed by atoms with Crippen LogP contribution in [0.15, 0.2) is 72.0 Å². The molecular weight excluding hydrogens is 494 g/mol. The first-order valence-electron chi connectivity index (χ1n) is 12.1. The highest BCUT2D eigenvalue weighted by Crippen LogP contribution is 2.20. The Balaban J connectivity index is 1.53. The van der Waals surface area contributed by atoms with Crippen LogP contribution in [0.4, 0.5) is 4.79 Å². The Bertz CT molecular complexity index is 1320. The van der Waals surface area contributed by atoms with Crippen molar-refractivity contribution in [3.63, 3.8) is 0 Å². The van der Waals surface area contributed by atoms with Crippen molar-refractivity contribution in [2.24, 2.45) is 5.73 Å². The van der Waals surface area contributed by atoms with Crippen molar-refractivity contribution in [1.82, 2.24) is 19.2 Å². The van der Waals surface area contributed by atoms with E-state index in [0.29, 0.717) is 25.2 Å². The lowest BCUT2D eigenvalue weighted by molar-refractivity contribution is -0.122. The van der Waals surface area contributed by atoms with Gasteiger partial charge in [0.15, 0.2) is 0 Å². The fourth-order valence-electron chi connectivity index (χ4n) is 4.49. The Kier molecular flexibility index (Phi) is 8.24. The normalized spacial score (nSPS) is 16.8. The zero-order chi connectivity index (χ0) is 26.4. The Morgan fingerprint density at radius 1 is 1.16 bits per heavy atom. The topological polar surface area (TPSA) is 137 Å². The number of ether oxygens (including phenoxy) is 1. The summed E-state index contributed by atoms with van der Waals surface area (Å²) in [6.45, 7) is 2.91. The third-order valence-corrected chi connectivity index (χ3v) is 8.11. The largest absolute Gasteiger partial charge is 0.445 e. The number of hydrogen-bond acceptors (Lipinski definition) is 7. The average Bonchev–Trinajstić information content (AvgIpc) is 3.54. The molecule has 3 aromatic rings. The lowest BCUT2D eigenvalue weighted by Crippen LogP contribution is -2.49. The molecule has 1 aliphatic rings. The van der Waals surface area contributed by atoms with Gasteiger partial charge in [-0.15, -0.1) is 0 Å². The summed E-state index contributed by atoms with van der Waals surface area (Å²) in [7, 11) is -3.89. The Labute approximate surface area is 216 Å². The number of imidazole rings is 1. The van der Waals surface area contributed by atoms with Crippen LogP contribution in [0, 0.1) is 6.92 Å². The fourth-order valence-corrected chi connectivity index (χ4v) is 5.81. The van der Waals surface area contributed by atoms with Crippen molar-refractivity contribution in [2.75, 3.05) is 13.1 Å². The Morgan fingerprint density at radius 2 is 1.89 bits per heavy atom. The van der Waals surface area contributed by atoms with Gasteiger partial charge in [-0.1, -0.05) is 48.0 Å². The van der Waals surface area contributed by atoms with E-state index in [1.165, 1.54) is 12.5 Å². The predicted molar refractivity (Wildman–Crippen MR) is 137 cm³/mol. The second-order valence-corrected chi connectivity index (χ2v) is 11.0. The van der Waals surface area contributed by atoms with Gasteiger partial charge < -0.3 is 15.8 Å². The van der Waals surface area contributed by atoms with Gasteiger partial charge in [0.2, 0.25) is 5.91 Å². The minimum absolute atomic E-state index is 0.0900. The van der Waals surface area contributed by atoms with Crippen LogP contribution in [-0.2, 0) is 32.6 Å². The highest BCUT2D eigenvalue weighted by Gasteiger charge is 2.32. The zero-order valence-corrected chi connectivity index (χ0v) is 21.4. The van der Waals surface area contributed by atoms with Crippen LogP contribution < -0.4 is 11.1 Å². The van der Waals surface area contributed by atoms with Crippen molar-refractivity contribution in [2.45, 2.75) is 49.8 Å². The van der Waals surface area contributed by atoms with E-state index >= 15 is 0 Å². The maximum absolute atomic E-state index is 13.3. The standard InChI is InChI=1S/C26H31N5O5S/c1-19-9-11-23(12-10-19)37(34,35)31-18-28-15-22(31)14-21(16-30-13-5-8-24(30)25(27)32)29-26(33)36-17-20-6-3-2-4-7-20/h2-4,6-7,9-12,15,18,21,24H,5,8,13-14,16-17H2,1H3,(H2,27,32)(H,29,33)/t21-,24-/m0/s1. The molecule has 0 spiro atoms. The van der Waals surface area contributed by atoms with Crippen LogP contribution in [0.25, 0.3) is 0 Å². The zero-order valence-electron chi connectivity index (χ0n) is 20.6. The number of rotatable bonds is 10. The molecule has 0 radical (unpaired) electrons. The maximum atomic E-state index is 13.3. The number of aromatic nitrogens is 2. The number of benzene rings is 2. The maximum Gasteiger partial charge on any atom is 0.407 e. The van der Waals surface area contributed by atoms with Crippen molar-refractivity contribution in [1.29, 1.82) is 0 Å². The molecule has 10 nitrogen and oxygen atoms in total. The number of nitrogens with zero attached hydrogens (tertiary/aromatic N) is 3. The number of primary amides is 1.